The minimum absolute atomic E-state index is 0.355. The predicted molar refractivity (Wildman–Crippen MR) is 81.7 cm³/mol. The fourth-order valence-corrected chi connectivity index (χ4v) is 2.61. The summed E-state index contributed by atoms with van der Waals surface area (Å²) >= 11 is 12.1. The van der Waals surface area contributed by atoms with Crippen LogP contribution in [0.3, 0.4) is 0 Å². The van der Waals surface area contributed by atoms with Crippen LogP contribution < -0.4 is 4.74 Å². The van der Waals surface area contributed by atoms with Crippen molar-refractivity contribution in [3.8, 4) is 17.0 Å². The van der Waals surface area contributed by atoms with Crippen LogP contribution in [0, 0.1) is 0 Å². The summed E-state index contributed by atoms with van der Waals surface area (Å²) in [5.41, 5.74) is 3.56. The lowest BCUT2D eigenvalue weighted by molar-refractivity contribution is 0.415. The first-order valence-corrected chi connectivity index (χ1v) is 7.01. The molecule has 20 heavy (non-hydrogen) atoms. The van der Waals surface area contributed by atoms with Crippen molar-refractivity contribution in [2.75, 3.05) is 7.11 Å². The van der Waals surface area contributed by atoms with E-state index in [0.717, 1.165) is 28.3 Å². The molecule has 5 heteroatoms. The van der Waals surface area contributed by atoms with Gasteiger partial charge in [0.05, 0.1) is 29.4 Å². The smallest absolute Gasteiger partial charge is 0.137 e. The van der Waals surface area contributed by atoms with Gasteiger partial charge in [-0.2, -0.15) is 0 Å². The Bertz CT molecular complexity index is 768. The molecule has 3 rings (SSSR count). The fraction of sp³-hybridized carbons (Fsp3) is 0.133. The van der Waals surface area contributed by atoms with E-state index in [2.05, 4.69) is 4.98 Å². The molecule has 0 aliphatic heterocycles. The van der Waals surface area contributed by atoms with Gasteiger partial charge in [-0.1, -0.05) is 23.7 Å². The normalized spacial score (nSPS) is 10.9. The molecule has 0 spiro atoms. The molecule has 1 aromatic carbocycles. The second kappa shape index (κ2) is 5.35. The minimum Gasteiger partial charge on any atom is -0.497 e. The molecule has 0 saturated heterocycles. The van der Waals surface area contributed by atoms with Gasteiger partial charge < -0.3 is 9.14 Å². The number of hydrogen-bond acceptors (Lipinski definition) is 2. The van der Waals surface area contributed by atoms with Crippen LogP contribution in [0.5, 0.6) is 5.75 Å². The van der Waals surface area contributed by atoms with Crippen LogP contribution in [0.2, 0.25) is 5.02 Å². The van der Waals surface area contributed by atoms with Crippen LogP contribution in [0.4, 0.5) is 0 Å². The zero-order valence-electron chi connectivity index (χ0n) is 10.8. The van der Waals surface area contributed by atoms with E-state index >= 15 is 0 Å². The van der Waals surface area contributed by atoms with E-state index in [1.54, 1.807) is 7.11 Å². The minimum atomic E-state index is 0.355. The predicted octanol–water partition coefficient (Wildman–Crippen LogP) is 4.40. The Balaban J connectivity index is 2.24. The monoisotopic (exact) mass is 306 g/mol. The summed E-state index contributed by atoms with van der Waals surface area (Å²) < 4.78 is 7.18. The quantitative estimate of drug-likeness (QED) is 0.670. The third-order valence-corrected chi connectivity index (χ3v) is 3.63. The van der Waals surface area contributed by atoms with Gasteiger partial charge in [-0.3, -0.25) is 0 Å². The maximum atomic E-state index is 6.09. The molecule has 0 amide bonds. The van der Waals surface area contributed by atoms with Gasteiger partial charge in [0.15, 0.2) is 0 Å². The van der Waals surface area contributed by atoms with Gasteiger partial charge in [-0.25, -0.2) is 4.98 Å². The highest BCUT2D eigenvalue weighted by atomic mass is 35.5. The van der Waals surface area contributed by atoms with Gasteiger partial charge in [-0.15, -0.1) is 11.6 Å². The fourth-order valence-electron chi connectivity index (χ4n) is 2.20. The molecule has 0 unspecified atom stereocenters. The molecule has 0 atom stereocenters. The lowest BCUT2D eigenvalue weighted by atomic mass is 10.1. The molecule has 3 nitrogen and oxygen atoms in total. The average molecular weight is 307 g/mol. The first-order valence-electron chi connectivity index (χ1n) is 6.10. The summed E-state index contributed by atoms with van der Waals surface area (Å²) in [5, 5.41) is 0.651. The molecular weight excluding hydrogens is 295 g/mol. The van der Waals surface area contributed by atoms with Crippen molar-refractivity contribution in [3.63, 3.8) is 0 Å². The molecule has 0 aliphatic carbocycles. The number of alkyl halides is 1. The summed E-state index contributed by atoms with van der Waals surface area (Å²) in [7, 11) is 1.64. The molecular formula is C15H12Cl2N2O. The topological polar surface area (TPSA) is 26.5 Å². The van der Waals surface area contributed by atoms with E-state index in [9.17, 15) is 0 Å². The number of imidazole rings is 1. The zero-order valence-corrected chi connectivity index (χ0v) is 12.3. The Morgan fingerprint density at radius 1 is 1.25 bits per heavy atom. The Labute approximate surface area is 126 Å². The summed E-state index contributed by atoms with van der Waals surface area (Å²) in [6, 6.07) is 11.5. The SMILES string of the molecule is COc1cccc(-c2nc3ccc(Cl)cn3c2CCl)c1. The Morgan fingerprint density at radius 3 is 2.85 bits per heavy atom. The molecule has 0 bridgehead atoms. The van der Waals surface area contributed by atoms with Crippen molar-refractivity contribution >= 4 is 28.8 Å². The highest BCUT2D eigenvalue weighted by Gasteiger charge is 2.13. The highest BCUT2D eigenvalue weighted by molar-refractivity contribution is 6.30. The number of halogens is 2. The van der Waals surface area contributed by atoms with Crippen molar-refractivity contribution in [2.24, 2.45) is 0 Å². The number of pyridine rings is 1. The van der Waals surface area contributed by atoms with Crippen molar-refractivity contribution in [1.29, 1.82) is 0 Å². The Kier molecular flexibility index (Phi) is 3.55. The summed E-state index contributed by atoms with van der Waals surface area (Å²) in [4.78, 5) is 4.63. The third kappa shape index (κ3) is 2.23. The molecule has 0 radical (unpaired) electrons. The first-order chi connectivity index (χ1) is 9.72. The van der Waals surface area contributed by atoms with Crippen LogP contribution in [0.15, 0.2) is 42.6 Å². The van der Waals surface area contributed by atoms with Crippen molar-refractivity contribution in [2.45, 2.75) is 5.88 Å². The third-order valence-electron chi connectivity index (χ3n) is 3.15. The van der Waals surface area contributed by atoms with E-state index in [4.69, 9.17) is 27.9 Å². The molecule has 3 aromatic rings. The van der Waals surface area contributed by atoms with Crippen LogP contribution in [0.1, 0.15) is 5.69 Å². The van der Waals surface area contributed by atoms with Crippen LogP contribution in [0.25, 0.3) is 16.9 Å². The molecule has 0 N–H and O–H groups in total. The lowest BCUT2D eigenvalue weighted by Crippen LogP contribution is -1.91. The van der Waals surface area contributed by atoms with Gasteiger partial charge in [0.2, 0.25) is 0 Å². The molecule has 0 fully saturated rings. The first kappa shape index (κ1) is 13.3. The summed E-state index contributed by atoms with van der Waals surface area (Å²) in [6.07, 6.45) is 1.82. The van der Waals surface area contributed by atoms with Crippen molar-refractivity contribution in [3.05, 3.63) is 53.3 Å². The second-order valence-corrected chi connectivity index (χ2v) is 5.05. The second-order valence-electron chi connectivity index (χ2n) is 4.35. The summed E-state index contributed by atoms with van der Waals surface area (Å²) in [5.74, 6) is 1.15. The van der Waals surface area contributed by atoms with Crippen molar-refractivity contribution < 1.29 is 4.74 Å². The van der Waals surface area contributed by atoms with Gasteiger partial charge in [0.25, 0.3) is 0 Å². The number of rotatable bonds is 3. The van der Waals surface area contributed by atoms with E-state index in [0.29, 0.717) is 10.9 Å². The number of nitrogens with zero attached hydrogens (tertiary/aromatic N) is 2. The molecule has 2 aromatic heterocycles. The largest absolute Gasteiger partial charge is 0.497 e. The van der Waals surface area contributed by atoms with Crippen LogP contribution >= 0.6 is 23.2 Å². The number of benzene rings is 1. The van der Waals surface area contributed by atoms with E-state index in [1.807, 2.05) is 47.0 Å². The van der Waals surface area contributed by atoms with Crippen molar-refractivity contribution in [1.82, 2.24) is 9.38 Å². The average Bonchev–Trinajstić information content (AvgIpc) is 2.85. The number of ether oxygens (including phenoxy) is 1. The lowest BCUT2D eigenvalue weighted by Gasteiger charge is -2.04. The van der Waals surface area contributed by atoms with Gasteiger partial charge in [-0.05, 0) is 24.3 Å². The summed E-state index contributed by atoms with van der Waals surface area (Å²) in [6.45, 7) is 0. The number of methoxy groups -OCH3 is 1. The van der Waals surface area contributed by atoms with E-state index < -0.39 is 0 Å². The molecule has 0 saturated carbocycles. The molecule has 102 valence electrons. The van der Waals surface area contributed by atoms with Crippen LogP contribution in [-0.2, 0) is 5.88 Å². The Morgan fingerprint density at radius 2 is 2.10 bits per heavy atom. The Hall–Kier alpha value is -1.71. The molecule has 0 aliphatic rings. The standard InChI is InChI=1S/C15H12Cl2N2O/c1-20-12-4-2-3-10(7-12)15-13(8-16)19-9-11(17)5-6-14(19)18-15/h2-7,9H,8H2,1H3. The van der Waals surface area contributed by atoms with Gasteiger partial charge in [0, 0.05) is 11.8 Å². The van der Waals surface area contributed by atoms with Gasteiger partial charge >= 0.3 is 0 Å². The maximum absolute atomic E-state index is 6.09. The highest BCUT2D eigenvalue weighted by Crippen LogP contribution is 2.29. The maximum Gasteiger partial charge on any atom is 0.137 e. The van der Waals surface area contributed by atoms with E-state index in [1.165, 1.54) is 0 Å². The van der Waals surface area contributed by atoms with Crippen LogP contribution in [-0.4, -0.2) is 16.5 Å². The van der Waals surface area contributed by atoms with Gasteiger partial charge in [0.1, 0.15) is 11.4 Å². The van der Waals surface area contributed by atoms with E-state index in [-0.39, 0.29) is 0 Å². The number of hydrogen-bond donors (Lipinski definition) is 0. The number of aromatic nitrogens is 2. The molecule has 2 heterocycles. The number of fused-ring (bicyclic) bond motifs is 1. The zero-order chi connectivity index (χ0) is 14.1.